The summed E-state index contributed by atoms with van der Waals surface area (Å²) in [6, 6.07) is 5.19. The second kappa shape index (κ2) is 7.83. The molecule has 22 heavy (non-hydrogen) atoms. The summed E-state index contributed by atoms with van der Waals surface area (Å²) in [4.78, 5) is 25.3. The van der Waals surface area contributed by atoms with Crippen molar-refractivity contribution in [3.63, 3.8) is 0 Å². The molecule has 0 bridgehead atoms. The molecule has 1 aromatic rings. The molecule has 0 atom stereocenters. The lowest BCUT2D eigenvalue weighted by Gasteiger charge is -2.30. The Balaban J connectivity index is 1.83. The maximum Gasteiger partial charge on any atom is 0.409 e. The van der Waals surface area contributed by atoms with Gasteiger partial charge in [0.25, 0.3) is 5.91 Å². The molecule has 0 saturated carbocycles. The zero-order valence-corrected chi connectivity index (χ0v) is 14.6. The lowest BCUT2D eigenvalue weighted by molar-refractivity contribution is 0.0914. The summed E-state index contributed by atoms with van der Waals surface area (Å²) in [5.74, 6) is 0.178. The zero-order valence-electron chi connectivity index (χ0n) is 12.3. The van der Waals surface area contributed by atoms with E-state index in [0.29, 0.717) is 36.1 Å². The molecule has 1 aliphatic heterocycles. The fourth-order valence-electron chi connectivity index (χ4n) is 2.45. The van der Waals surface area contributed by atoms with Crippen LogP contribution in [0.2, 0.25) is 5.02 Å². The standard InChI is InChI=1S/C15H18BrClN2O3/c1-22-15(21)19-6-4-10(5-7-19)9-18-14(20)12-8-11(16)2-3-13(12)17/h2-3,8,10H,4-7,9H2,1H3,(H,18,20). The highest BCUT2D eigenvalue weighted by molar-refractivity contribution is 9.10. The van der Waals surface area contributed by atoms with E-state index in [1.165, 1.54) is 7.11 Å². The first-order valence-corrected chi connectivity index (χ1v) is 8.24. The van der Waals surface area contributed by atoms with Crippen LogP contribution in [0.4, 0.5) is 4.79 Å². The molecule has 1 saturated heterocycles. The lowest BCUT2D eigenvalue weighted by Crippen LogP contribution is -2.41. The van der Waals surface area contributed by atoms with Crippen LogP contribution in [0.1, 0.15) is 23.2 Å². The fourth-order valence-corrected chi connectivity index (χ4v) is 3.02. The van der Waals surface area contributed by atoms with Crippen molar-refractivity contribution in [2.24, 2.45) is 5.92 Å². The predicted molar refractivity (Wildman–Crippen MR) is 88.2 cm³/mol. The quantitative estimate of drug-likeness (QED) is 0.863. The molecular formula is C15H18BrClN2O3. The Labute approximate surface area is 143 Å². The number of methoxy groups -OCH3 is 1. The minimum absolute atomic E-state index is 0.179. The highest BCUT2D eigenvalue weighted by Crippen LogP contribution is 2.21. The van der Waals surface area contributed by atoms with E-state index in [1.807, 2.05) is 0 Å². The van der Waals surface area contributed by atoms with Crippen LogP contribution in [0, 0.1) is 5.92 Å². The Morgan fingerprint density at radius 1 is 1.41 bits per heavy atom. The van der Waals surface area contributed by atoms with E-state index in [1.54, 1.807) is 23.1 Å². The maximum absolute atomic E-state index is 12.2. The van der Waals surface area contributed by atoms with Gasteiger partial charge in [0.2, 0.25) is 0 Å². The summed E-state index contributed by atoms with van der Waals surface area (Å²) in [7, 11) is 1.39. The van der Waals surface area contributed by atoms with Crippen LogP contribution < -0.4 is 5.32 Å². The average molecular weight is 390 g/mol. The van der Waals surface area contributed by atoms with Gasteiger partial charge in [-0.3, -0.25) is 4.79 Å². The third kappa shape index (κ3) is 4.36. The lowest BCUT2D eigenvalue weighted by atomic mass is 9.97. The summed E-state index contributed by atoms with van der Waals surface area (Å²) in [5.41, 5.74) is 0.461. The van der Waals surface area contributed by atoms with Gasteiger partial charge in [-0.2, -0.15) is 0 Å². The highest BCUT2D eigenvalue weighted by atomic mass is 79.9. The molecule has 1 N–H and O–H groups in total. The number of rotatable bonds is 3. The molecule has 0 aliphatic carbocycles. The van der Waals surface area contributed by atoms with Gasteiger partial charge in [0.05, 0.1) is 17.7 Å². The number of amides is 2. The van der Waals surface area contributed by atoms with Crippen LogP contribution >= 0.6 is 27.5 Å². The maximum atomic E-state index is 12.2. The highest BCUT2D eigenvalue weighted by Gasteiger charge is 2.23. The minimum Gasteiger partial charge on any atom is -0.453 e. The minimum atomic E-state index is -0.289. The van der Waals surface area contributed by atoms with E-state index in [-0.39, 0.29) is 12.0 Å². The zero-order chi connectivity index (χ0) is 16.1. The van der Waals surface area contributed by atoms with E-state index in [9.17, 15) is 9.59 Å². The summed E-state index contributed by atoms with van der Waals surface area (Å²) < 4.78 is 5.52. The first-order valence-electron chi connectivity index (χ1n) is 7.07. The van der Waals surface area contributed by atoms with Gasteiger partial charge in [0, 0.05) is 24.1 Å². The molecule has 1 fully saturated rings. The van der Waals surface area contributed by atoms with E-state index in [0.717, 1.165) is 17.3 Å². The van der Waals surface area contributed by atoms with Gasteiger partial charge in [-0.15, -0.1) is 0 Å². The number of piperidine rings is 1. The Bertz CT molecular complexity index is 560. The molecule has 2 rings (SSSR count). The number of carbonyl (C=O) groups is 2. The molecule has 1 heterocycles. The van der Waals surface area contributed by atoms with Gasteiger partial charge >= 0.3 is 6.09 Å². The molecule has 1 aliphatic rings. The molecule has 0 spiro atoms. The van der Waals surface area contributed by atoms with Crippen LogP contribution in [0.5, 0.6) is 0 Å². The van der Waals surface area contributed by atoms with Crippen molar-refractivity contribution in [3.8, 4) is 0 Å². The van der Waals surface area contributed by atoms with Gasteiger partial charge in [-0.05, 0) is 37.0 Å². The predicted octanol–water partition coefficient (Wildman–Crippen LogP) is 3.31. The fraction of sp³-hybridized carbons (Fsp3) is 0.467. The van der Waals surface area contributed by atoms with Crippen molar-refractivity contribution >= 4 is 39.5 Å². The SMILES string of the molecule is COC(=O)N1CCC(CNC(=O)c2cc(Br)ccc2Cl)CC1. The molecule has 0 aromatic heterocycles. The Hall–Kier alpha value is -1.27. The summed E-state index contributed by atoms with van der Waals surface area (Å²) >= 11 is 9.37. The van der Waals surface area contributed by atoms with E-state index >= 15 is 0 Å². The molecule has 0 unspecified atom stereocenters. The van der Waals surface area contributed by atoms with Crippen LogP contribution in [-0.4, -0.2) is 43.6 Å². The second-order valence-corrected chi connectivity index (χ2v) is 6.56. The summed E-state index contributed by atoms with van der Waals surface area (Å²) in [6.45, 7) is 1.90. The largest absolute Gasteiger partial charge is 0.453 e. The number of nitrogens with one attached hydrogen (secondary N) is 1. The van der Waals surface area contributed by atoms with Crippen molar-refractivity contribution in [1.29, 1.82) is 0 Å². The van der Waals surface area contributed by atoms with Crippen molar-refractivity contribution in [2.45, 2.75) is 12.8 Å². The van der Waals surface area contributed by atoms with E-state index < -0.39 is 0 Å². The third-order valence-electron chi connectivity index (χ3n) is 3.77. The average Bonchev–Trinajstić information content (AvgIpc) is 2.54. The number of carbonyl (C=O) groups excluding carboxylic acids is 2. The van der Waals surface area contributed by atoms with Gasteiger partial charge in [-0.25, -0.2) is 4.79 Å². The van der Waals surface area contributed by atoms with Crippen molar-refractivity contribution in [3.05, 3.63) is 33.3 Å². The number of likely N-dealkylation sites (tertiary alicyclic amines) is 1. The van der Waals surface area contributed by atoms with Crippen molar-refractivity contribution in [2.75, 3.05) is 26.7 Å². The molecule has 120 valence electrons. The first-order chi connectivity index (χ1) is 10.5. The number of hydrogen-bond donors (Lipinski definition) is 1. The Morgan fingerprint density at radius 2 is 2.09 bits per heavy atom. The van der Waals surface area contributed by atoms with Gasteiger partial charge in [0.15, 0.2) is 0 Å². The number of hydrogen-bond acceptors (Lipinski definition) is 3. The number of halogens is 2. The molecule has 2 amide bonds. The van der Waals surface area contributed by atoms with Crippen LogP contribution in [0.3, 0.4) is 0 Å². The molecule has 1 aromatic carbocycles. The Morgan fingerprint density at radius 3 is 2.73 bits per heavy atom. The molecule has 0 radical (unpaired) electrons. The topological polar surface area (TPSA) is 58.6 Å². The monoisotopic (exact) mass is 388 g/mol. The van der Waals surface area contributed by atoms with Crippen molar-refractivity contribution < 1.29 is 14.3 Å². The molecule has 5 nitrogen and oxygen atoms in total. The second-order valence-electron chi connectivity index (χ2n) is 5.23. The van der Waals surface area contributed by atoms with Gasteiger partial charge in [0.1, 0.15) is 0 Å². The first kappa shape index (κ1) is 17.1. The number of nitrogens with zero attached hydrogens (tertiary/aromatic N) is 1. The van der Waals surface area contributed by atoms with E-state index in [2.05, 4.69) is 21.2 Å². The van der Waals surface area contributed by atoms with Gasteiger partial charge < -0.3 is 15.0 Å². The van der Waals surface area contributed by atoms with Crippen molar-refractivity contribution in [1.82, 2.24) is 10.2 Å². The van der Waals surface area contributed by atoms with Crippen LogP contribution in [-0.2, 0) is 4.74 Å². The van der Waals surface area contributed by atoms with Crippen LogP contribution in [0.25, 0.3) is 0 Å². The third-order valence-corrected chi connectivity index (χ3v) is 4.59. The van der Waals surface area contributed by atoms with Crippen LogP contribution in [0.15, 0.2) is 22.7 Å². The Kier molecular flexibility index (Phi) is 6.08. The molecular weight excluding hydrogens is 372 g/mol. The molecule has 7 heteroatoms. The smallest absolute Gasteiger partial charge is 0.409 e. The van der Waals surface area contributed by atoms with E-state index in [4.69, 9.17) is 16.3 Å². The normalized spacial score (nSPS) is 15.5. The number of benzene rings is 1. The van der Waals surface area contributed by atoms with Gasteiger partial charge in [-0.1, -0.05) is 27.5 Å². The summed E-state index contributed by atoms with van der Waals surface area (Å²) in [5, 5.41) is 3.35. The summed E-state index contributed by atoms with van der Waals surface area (Å²) in [6.07, 6.45) is 1.41. The number of ether oxygens (including phenoxy) is 1.